The van der Waals surface area contributed by atoms with Crippen LogP contribution in [0.4, 0.5) is 14.5 Å². The van der Waals surface area contributed by atoms with E-state index in [1.54, 1.807) is 18.2 Å². The van der Waals surface area contributed by atoms with Crippen LogP contribution < -0.4 is 15.0 Å². The van der Waals surface area contributed by atoms with Crippen LogP contribution in [0.2, 0.25) is 0 Å². The second kappa shape index (κ2) is 7.51. The van der Waals surface area contributed by atoms with E-state index >= 15 is 0 Å². The molecule has 132 valence electrons. The van der Waals surface area contributed by atoms with Gasteiger partial charge in [0.2, 0.25) is 0 Å². The molecule has 3 rings (SSSR count). The smallest absolute Gasteiger partial charge is 0.254 e. The van der Waals surface area contributed by atoms with Crippen molar-refractivity contribution in [3.8, 4) is 5.75 Å². The third-order valence-corrected chi connectivity index (χ3v) is 4.46. The predicted octanol–water partition coefficient (Wildman–Crippen LogP) is 3.23. The summed E-state index contributed by atoms with van der Waals surface area (Å²) >= 11 is 0. The first-order chi connectivity index (χ1) is 12.1. The van der Waals surface area contributed by atoms with Crippen molar-refractivity contribution in [3.63, 3.8) is 0 Å². The fraction of sp³-hybridized carbons (Fsp3) is 0.316. The van der Waals surface area contributed by atoms with Crippen LogP contribution in [0.1, 0.15) is 16.8 Å². The van der Waals surface area contributed by atoms with Gasteiger partial charge in [-0.2, -0.15) is 0 Å². The fourth-order valence-electron chi connectivity index (χ4n) is 3.06. The lowest BCUT2D eigenvalue weighted by Crippen LogP contribution is -2.31. The molecule has 0 aliphatic carbocycles. The molecule has 2 aromatic carbocycles. The minimum Gasteiger partial charge on any atom is -0.494 e. The largest absolute Gasteiger partial charge is 0.494 e. The summed E-state index contributed by atoms with van der Waals surface area (Å²) in [4.78, 5) is 14.4. The number of halogens is 2. The van der Waals surface area contributed by atoms with Gasteiger partial charge in [0.25, 0.3) is 5.91 Å². The molecule has 1 saturated heterocycles. The number of nitrogens with zero attached hydrogens (tertiary/aromatic N) is 1. The zero-order chi connectivity index (χ0) is 17.8. The maximum atomic E-state index is 14.1. The predicted molar refractivity (Wildman–Crippen MR) is 92.0 cm³/mol. The molecule has 1 heterocycles. The highest BCUT2D eigenvalue weighted by Crippen LogP contribution is 2.24. The number of benzene rings is 2. The van der Waals surface area contributed by atoms with Crippen LogP contribution in [0.5, 0.6) is 5.75 Å². The molecular formula is C19H20F2N2O2. The van der Waals surface area contributed by atoms with Crippen LogP contribution in [0, 0.1) is 17.6 Å². The second-order valence-electron chi connectivity index (χ2n) is 6.11. The number of rotatable bonds is 5. The first-order valence-corrected chi connectivity index (χ1v) is 8.19. The third kappa shape index (κ3) is 3.90. The summed E-state index contributed by atoms with van der Waals surface area (Å²) in [6, 6.07) is 10.9. The molecular weight excluding hydrogens is 326 g/mol. The summed E-state index contributed by atoms with van der Waals surface area (Å²) in [5.41, 5.74) is 0.946. The van der Waals surface area contributed by atoms with Crippen molar-refractivity contribution in [2.24, 2.45) is 5.92 Å². The number of hydrogen-bond donors (Lipinski definition) is 1. The lowest BCUT2D eigenvalue weighted by Gasteiger charge is -2.19. The van der Waals surface area contributed by atoms with Gasteiger partial charge in [-0.15, -0.1) is 0 Å². The van der Waals surface area contributed by atoms with Crippen molar-refractivity contribution in [1.29, 1.82) is 0 Å². The van der Waals surface area contributed by atoms with Crippen LogP contribution >= 0.6 is 0 Å². The van der Waals surface area contributed by atoms with Gasteiger partial charge in [0.1, 0.15) is 5.82 Å². The van der Waals surface area contributed by atoms with Gasteiger partial charge in [-0.3, -0.25) is 4.79 Å². The number of hydrogen-bond acceptors (Lipinski definition) is 3. The van der Waals surface area contributed by atoms with E-state index in [1.165, 1.54) is 31.4 Å². The molecule has 0 bridgehead atoms. The van der Waals surface area contributed by atoms with E-state index in [0.717, 1.165) is 25.2 Å². The summed E-state index contributed by atoms with van der Waals surface area (Å²) in [5.74, 6) is -1.04. The van der Waals surface area contributed by atoms with Crippen molar-refractivity contribution in [1.82, 2.24) is 5.32 Å². The standard InChI is InChI=1S/C19H20F2N2O2/c1-25-17-4-2-3-16(18(17)21)19(24)22-11-13-9-10-23(12-13)15-7-5-14(20)6-8-15/h2-8,13H,9-12H2,1H3,(H,22,24). The van der Waals surface area contributed by atoms with Crippen molar-refractivity contribution >= 4 is 11.6 Å². The van der Waals surface area contributed by atoms with Crippen molar-refractivity contribution in [2.45, 2.75) is 6.42 Å². The Hall–Kier alpha value is -2.63. The monoisotopic (exact) mass is 346 g/mol. The lowest BCUT2D eigenvalue weighted by atomic mass is 10.1. The number of carbonyl (C=O) groups excluding carboxylic acids is 1. The highest BCUT2D eigenvalue weighted by molar-refractivity contribution is 5.94. The zero-order valence-corrected chi connectivity index (χ0v) is 14.0. The van der Waals surface area contributed by atoms with Gasteiger partial charge < -0.3 is 15.0 Å². The quantitative estimate of drug-likeness (QED) is 0.904. The average molecular weight is 346 g/mol. The molecule has 1 atom stereocenters. The highest BCUT2D eigenvalue weighted by atomic mass is 19.1. The summed E-state index contributed by atoms with van der Waals surface area (Å²) in [7, 11) is 1.36. The number of methoxy groups -OCH3 is 1. The Morgan fingerprint density at radius 2 is 2.00 bits per heavy atom. The minimum atomic E-state index is -0.651. The van der Waals surface area contributed by atoms with Gasteiger partial charge in [0.05, 0.1) is 12.7 Å². The molecule has 1 aliphatic rings. The Labute approximate surface area is 145 Å². The Kier molecular flexibility index (Phi) is 5.16. The van der Waals surface area contributed by atoms with E-state index in [-0.39, 0.29) is 23.0 Å². The van der Waals surface area contributed by atoms with Gasteiger partial charge in [0.15, 0.2) is 11.6 Å². The molecule has 0 spiro atoms. The van der Waals surface area contributed by atoms with Gasteiger partial charge >= 0.3 is 0 Å². The Morgan fingerprint density at radius 1 is 1.24 bits per heavy atom. The first kappa shape index (κ1) is 17.2. The van der Waals surface area contributed by atoms with Crippen molar-refractivity contribution < 1.29 is 18.3 Å². The fourth-order valence-corrected chi connectivity index (χ4v) is 3.06. The van der Waals surface area contributed by atoms with E-state index < -0.39 is 11.7 Å². The minimum absolute atomic E-state index is 0.0206. The Morgan fingerprint density at radius 3 is 2.72 bits per heavy atom. The van der Waals surface area contributed by atoms with Crippen LogP contribution in [0.15, 0.2) is 42.5 Å². The number of anilines is 1. The van der Waals surface area contributed by atoms with E-state index in [1.807, 2.05) is 0 Å². The molecule has 25 heavy (non-hydrogen) atoms. The number of ether oxygens (including phenoxy) is 1. The number of carbonyl (C=O) groups is 1. The normalized spacial score (nSPS) is 16.8. The van der Waals surface area contributed by atoms with E-state index in [2.05, 4.69) is 10.2 Å². The molecule has 1 N–H and O–H groups in total. The van der Waals surface area contributed by atoms with Gasteiger partial charge in [-0.1, -0.05) is 6.07 Å². The first-order valence-electron chi connectivity index (χ1n) is 8.19. The maximum absolute atomic E-state index is 14.1. The summed E-state index contributed by atoms with van der Waals surface area (Å²) < 4.78 is 32.0. The second-order valence-corrected chi connectivity index (χ2v) is 6.11. The molecule has 2 aromatic rings. The summed E-state index contributed by atoms with van der Waals surface area (Å²) in [6.45, 7) is 2.08. The van der Waals surface area contributed by atoms with E-state index in [9.17, 15) is 13.6 Å². The van der Waals surface area contributed by atoms with Crippen LogP contribution in [0.3, 0.4) is 0 Å². The molecule has 1 fully saturated rings. The summed E-state index contributed by atoms with van der Waals surface area (Å²) in [6.07, 6.45) is 0.915. The van der Waals surface area contributed by atoms with Crippen molar-refractivity contribution in [3.05, 3.63) is 59.7 Å². The zero-order valence-electron chi connectivity index (χ0n) is 14.0. The van der Waals surface area contributed by atoms with Crippen LogP contribution in [-0.4, -0.2) is 32.7 Å². The molecule has 1 amide bonds. The van der Waals surface area contributed by atoms with Gasteiger partial charge in [-0.25, -0.2) is 8.78 Å². The third-order valence-electron chi connectivity index (χ3n) is 4.46. The molecule has 6 heteroatoms. The van der Waals surface area contributed by atoms with Crippen LogP contribution in [0.25, 0.3) is 0 Å². The topological polar surface area (TPSA) is 41.6 Å². The molecule has 0 aromatic heterocycles. The maximum Gasteiger partial charge on any atom is 0.254 e. The molecule has 0 radical (unpaired) electrons. The van der Waals surface area contributed by atoms with E-state index in [0.29, 0.717) is 6.54 Å². The Bertz CT molecular complexity index is 750. The van der Waals surface area contributed by atoms with Gasteiger partial charge in [-0.05, 0) is 48.7 Å². The molecule has 1 aliphatic heterocycles. The molecule has 1 unspecified atom stereocenters. The molecule has 0 saturated carbocycles. The van der Waals surface area contributed by atoms with E-state index in [4.69, 9.17) is 4.74 Å². The summed E-state index contributed by atoms with van der Waals surface area (Å²) in [5, 5.41) is 2.79. The lowest BCUT2D eigenvalue weighted by molar-refractivity contribution is 0.0943. The number of nitrogens with one attached hydrogen (secondary N) is 1. The SMILES string of the molecule is COc1cccc(C(=O)NCC2CCN(c3ccc(F)cc3)C2)c1F. The highest BCUT2D eigenvalue weighted by Gasteiger charge is 2.24. The number of amides is 1. The van der Waals surface area contributed by atoms with Crippen LogP contribution in [-0.2, 0) is 0 Å². The molecule has 4 nitrogen and oxygen atoms in total. The Balaban J connectivity index is 1.56. The average Bonchev–Trinajstić information content (AvgIpc) is 3.09. The van der Waals surface area contributed by atoms with Gasteiger partial charge in [0, 0.05) is 25.3 Å². The van der Waals surface area contributed by atoms with Crippen molar-refractivity contribution in [2.75, 3.05) is 31.6 Å².